The van der Waals surface area contributed by atoms with Gasteiger partial charge in [0.2, 0.25) is 11.8 Å². The van der Waals surface area contributed by atoms with Crippen molar-refractivity contribution in [1.82, 2.24) is 19.6 Å². The van der Waals surface area contributed by atoms with Gasteiger partial charge in [-0.15, -0.1) is 0 Å². The molecule has 0 bridgehead atoms. The van der Waals surface area contributed by atoms with Crippen LogP contribution in [-0.4, -0.2) is 32.6 Å². The van der Waals surface area contributed by atoms with Crippen LogP contribution in [0.2, 0.25) is 0 Å². The van der Waals surface area contributed by atoms with Gasteiger partial charge in [0.15, 0.2) is 11.2 Å². The van der Waals surface area contributed by atoms with Crippen LogP contribution in [0.25, 0.3) is 11.2 Å². The van der Waals surface area contributed by atoms with Gasteiger partial charge >= 0.3 is 5.56 Å². The topological polar surface area (TPSA) is 99.0 Å². The highest BCUT2D eigenvalue weighted by Crippen LogP contribution is 2.13. The first-order valence-electron chi connectivity index (χ1n) is 5.93. The van der Waals surface area contributed by atoms with Gasteiger partial charge in [0.25, 0.3) is 0 Å². The van der Waals surface area contributed by atoms with Gasteiger partial charge in [-0.05, 0) is 0 Å². The number of methoxy groups -OCH3 is 1. The van der Waals surface area contributed by atoms with Crippen LogP contribution in [0.4, 0.5) is 0 Å². The Bertz CT molecular complexity index is 717. The predicted octanol–water partition coefficient (Wildman–Crippen LogP) is 0.311. The molecular weight excluding hydrogens is 262 g/mol. The van der Waals surface area contributed by atoms with Crippen molar-refractivity contribution < 1.29 is 9.53 Å². The van der Waals surface area contributed by atoms with Crippen LogP contribution >= 0.6 is 0 Å². The van der Waals surface area contributed by atoms with Crippen molar-refractivity contribution in [3.8, 4) is 5.88 Å². The Morgan fingerprint density at radius 2 is 2.05 bits per heavy atom. The highest BCUT2D eigenvalue weighted by atomic mass is 16.5. The summed E-state index contributed by atoms with van der Waals surface area (Å²) in [5, 5.41) is 0. The first-order chi connectivity index (χ1) is 9.32. The number of amides is 1. The van der Waals surface area contributed by atoms with Gasteiger partial charge in [-0.25, -0.2) is 19.6 Å². The second kappa shape index (κ2) is 4.87. The van der Waals surface area contributed by atoms with Gasteiger partial charge in [-0.1, -0.05) is 20.8 Å². The van der Waals surface area contributed by atoms with Gasteiger partial charge < -0.3 is 4.74 Å². The smallest absolute Gasteiger partial charge is 0.300 e. The molecule has 8 heteroatoms. The van der Waals surface area contributed by atoms with E-state index in [2.05, 4.69) is 20.4 Å². The summed E-state index contributed by atoms with van der Waals surface area (Å²) in [7, 11) is 1.42. The number of ether oxygens (including phenoxy) is 1. The second-order valence-electron chi connectivity index (χ2n) is 5.20. The maximum atomic E-state index is 12.2. The minimum atomic E-state index is -0.631. The lowest BCUT2D eigenvalue weighted by molar-refractivity contribution is -0.124. The zero-order valence-corrected chi connectivity index (χ0v) is 11.7. The molecule has 0 saturated carbocycles. The Morgan fingerprint density at radius 1 is 1.35 bits per heavy atom. The summed E-state index contributed by atoms with van der Waals surface area (Å²) in [4.78, 5) is 36.0. The molecular formula is C12H15N5O3. The van der Waals surface area contributed by atoms with E-state index >= 15 is 0 Å². The molecule has 0 saturated heterocycles. The molecule has 2 aromatic heterocycles. The number of hydrogen-bond donors (Lipinski definition) is 1. The number of hydrogen-bond acceptors (Lipinski definition) is 6. The third-order valence-electron chi connectivity index (χ3n) is 2.56. The van der Waals surface area contributed by atoms with Crippen molar-refractivity contribution in [2.75, 3.05) is 12.5 Å². The molecule has 0 aromatic carbocycles. The monoisotopic (exact) mass is 277 g/mol. The molecule has 0 unspecified atom stereocenters. The molecule has 1 amide bonds. The minimum Gasteiger partial charge on any atom is -0.480 e. The van der Waals surface area contributed by atoms with Gasteiger partial charge in [0.1, 0.15) is 6.33 Å². The lowest BCUT2D eigenvalue weighted by atomic mass is 9.96. The van der Waals surface area contributed by atoms with Gasteiger partial charge in [-0.2, -0.15) is 0 Å². The number of carbonyl (C=O) groups excluding carboxylic acids is 1. The molecule has 1 N–H and O–H groups in total. The molecule has 106 valence electrons. The first-order valence-corrected chi connectivity index (χ1v) is 5.93. The van der Waals surface area contributed by atoms with Crippen LogP contribution in [0, 0.1) is 5.41 Å². The molecule has 20 heavy (non-hydrogen) atoms. The van der Waals surface area contributed by atoms with Crippen molar-refractivity contribution in [2.24, 2.45) is 5.41 Å². The SMILES string of the molecule is COc1cnc2ncn(NC(=O)C(C)(C)C)c(=O)c2n1. The molecule has 0 aliphatic carbocycles. The van der Waals surface area contributed by atoms with Crippen LogP contribution in [0.1, 0.15) is 20.8 Å². The zero-order chi connectivity index (χ0) is 14.9. The van der Waals surface area contributed by atoms with E-state index in [9.17, 15) is 9.59 Å². The fourth-order valence-corrected chi connectivity index (χ4v) is 1.34. The van der Waals surface area contributed by atoms with Crippen molar-refractivity contribution >= 4 is 17.1 Å². The van der Waals surface area contributed by atoms with Crippen molar-refractivity contribution in [3.05, 3.63) is 22.9 Å². The molecule has 0 atom stereocenters. The van der Waals surface area contributed by atoms with Crippen LogP contribution in [0.3, 0.4) is 0 Å². The molecule has 0 fully saturated rings. The Hall–Kier alpha value is -2.51. The van der Waals surface area contributed by atoms with E-state index in [1.165, 1.54) is 19.6 Å². The summed E-state index contributed by atoms with van der Waals surface area (Å²) in [6.45, 7) is 5.22. The number of aromatic nitrogens is 4. The Labute approximate surface area is 114 Å². The van der Waals surface area contributed by atoms with Crippen LogP contribution in [-0.2, 0) is 4.79 Å². The Kier molecular flexibility index (Phi) is 3.39. The fraction of sp³-hybridized carbons (Fsp3) is 0.417. The molecule has 0 spiro atoms. The summed E-state index contributed by atoms with van der Waals surface area (Å²) >= 11 is 0. The van der Waals surface area contributed by atoms with E-state index in [0.29, 0.717) is 0 Å². The maximum absolute atomic E-state index is 12.2. The lowest BCUT2D eigenvalue weighted by Crippen LogP contribution is -2.39. The third-order valence-corrected chi connectivity index (χ3v) is 2.56. The third kappa shape index (κ3) is 2.58. The van der Waals surface area contributed by atoms with E-state index < -0.39 is 11.0 Å². The largest absolute Gasteiger partial charge is 0.480 e. The highest BCUT2D eigenvalue weighted by molar-refractivity contribution is 5.88. The highest BCUT2D eigenvalue weighted by Gasteiger charge is 2.22. The lowest BCUT2D eigenvalue weighted by Gasteiger charge is -2.18. The number of rotatable bonds is 2. The van der Waals surface area contributed by atoms with Crippen LogP contribution < -0.4 is 15.7 Å². The van der Waals surface area contributed by atoms with Gasteiger partial charge in [-0.3, -0.25) is 15.0 Å². The van der Waals surface area contributed by atoms with Crippen molar-refractivity contribution in [3.63, 3.8) is 0 Å². The van der Waals surface area contributed by atoms with Crippen LogP contribution in [0.15, 0.2) is 17.3 Å². The van der Waals surface area contributed by atoms with E-state index in [0.717, 1.165) is 4.68 Å². The zero-order valence-electron chi connectivity index (χ0n) is 11.7. The van der Waals surface area contributed by atoms with E-state index in [-0.39, 0.29) is 23.0 Å². The number of nitrogens with zero attached hydrogens (tertiary/aromatic N) is 4. The molecule has 0 aliphatic rings. The van der Waals surface area contributed by atoms with Crippen LogP contribution in [0.5, 0.6) is 5.88 Å². The maximum Gasteiger partial charge on any atom is 0.300 e. The molecule has 8 nitrogen and oxygen atoms in total. The van der Waals surface area contributed by atoms with E-state index in [1.807, 2.05) is 0 Å². The summed E-state index contributed by atoms with van der Waals surface area (Å²) in [6.07, 6.45) is 2.57. The molecule has 2 aromatic rings. The fourth-order valence-electron chi connectivity index (χ4n) is 1.34. The standard InChI is InChI=1S/C12H15N5O3/c1-12(2,3)11(19)16-17-6-14-9-8(10(17)18)15-7(20-4)5-13-9/h5-6H,1-4H3,(H,16,19). The molecule has 2 heterocycles. The van der Waals surface area contributed by atoms with Crippen molar-refractivity contribution in [1.29, 1.82) is 0 Å². The number of fused-ring (bicyclic) bond motifs is 1. The van der Waals surface area contributed by atoms with Gasteiger partial charge in [0, 0.05) is 5.41 Å². The summed E-state index contributed by atoms with van der Waals surface area (Å²) in [6, 6.07) is 0. The average Bonchev–Trinajstić information content (AvgIpc) is 2.40. The summed E-state index contributed by atoms with van der Waals surface area (Å²) < 4.78 is 5.91. The van der Waals surface area contributed by atoms with E-state index in [1.54, 1.807) is 20.8 Å². The normalized spacial score (nSPS) is 11.4. The molecule has 0 aliphatic heterocycles. The Balaban J connectivity index is 2.49. The molecule has 0 radical (unpaired) electrons. The second-order valence-corrected chi connectivity index (χ2v) is 5.20. The predicted molar refractivity (Wildman–Crippen MR) is 72.0 cm³/mol. The Morgan fingerprint density at radius 3 is 2.65 bits per heavy atom. The summed E-state index contributed by atoms with van der Waals surface area (Å²) in [5.41, 5.74) is 1.55. The van der Waals surface area contributed by atoms with Crippen molar-refractivity contribution in [2.45, 2.75) is 20.8 Å². The average molecular weight is 277 g/mol. The number of carbonyl (C=O) groups is 1. The quantitative estimate of drug-likeness (QED) is 0.848. The van der Waals surface area contributed by atoms with E-state index in [4.69, 9.17) is 4.74 Å². The van der Waals surface area contributed by atoms with Gasteiger partial charge in [0.05, 0.1) is 13.3 Å². The number of nitrogens with one attached hydrogen (secondary N) is 1. The first kappa shape index (κ1) is 13.9. The summed E-state index contributed by atoms with van der Waals surface area (Å²) in [5.74, 6) is -0.104. The molecule has 2 rings (SSSR count). The minimum absolute atomic E-state index is 0.0288.